The molecule has 0 saturated carbocycles. The number of halogens is 3. The first-order valence-corrected chi connectivity index (χ1v) is 11.1. The zero-order valence-electron chi connectivity index (χ0n) is 17.4. The molecule has 1 aromatic carbocycles. The van der Waals surface area contributed by atoms with E-state index >= 15 is 0 Å². The molecular formula is C21H26F3N3O4S. The van der Waals surface area contributed by atoms with Crippen LogP contribution in [0.3, 0.4) is 0 Å². The Morgan fingerprint density at radius 2 is 1.88 bits per heavy atom. The number of carbonyl (C=O) groups excluding carboxylic acids is 1. The Bertz CT molecular complexity index is 929. The predicted molar refractivity (Wildman–Crippen MR) is 117 cm³/mol. The minimum atomic E-state index is -5.04. The van der Waals surface area contributed by atoms with Gasteiger partial charge >= 0.3 is 6.36 Å². The number of benzene rings is 1. The SMILES string of the molecule is C=C/C=C(\C=C)CCCN1CCN(C(=O)c2ccc(N[SH](=O)=O)c(OC(F)(F)F)c2)CC1. The second-order valence-corrected chi connectivity index (χ2v) is 7.78. The Balaban J connectivity index is 1.98. The van der Waals surface area contributed by atoms with E-state index in [0.717, 1.165) is 37.1 Å². The van der Waals surface area contributed by atoms with Crippen LogP contribution in [0.4, 0.5) is 18.9 Å². The zero-order chi connectivity index (χ0) is 23.7. The van der Waals surface area contributed by atoms with Crippen molar-refractivity contribution in [1.82, 2.24) is 9.80 Å². The number of nitrogens with zero attached hydrogens (tertiary/aromatic N) is 2. The fraction of sp³-hybridized carbons (Fsp3) is 0.381. The van der Waals surface area contributed by atoms with Gasteiger partial charge in [-0.25, -0.2) is 8.42 Å². The molecule has 1 aromatic rings. The fourth-order valence-corrected chi connectivity index (χ4v) is 3.71. The third-order valence-electron chi connectivity index (χ3n) is 4.86. The lowest BCUT2D eigenvalue weighted by Crippen LogP contribution is -2.48. The number of thiol groups is 1. The molecule has 1 heterocycles. The number of piperazine rings is 1. The zero-order valence-corrected chi connectivity index (χ0v) is 18.3. The van der Waals surface area contributed by atoms with Crippen molar-refractivity contribution in [3.8, 4) is 5.75 Å². The van der Waals surface area contributed by atoms with Gasteiger partial charge in [-0.1, -0.05) is 31.4 Å². The number of anilines is 1. The van der Waals surface area contributed by atoms with Crippen molar-refractivity contribution >= 4 is 22.5 Å². The van der Waals surface area contributed by atoms with Gasteiger partial charge in [0, 0.05) is 31.7 Å². The summed E-state index contributed by atoms with van der Waals surface area (Å²) >= 11 is 0. The van der Waals surface area contributed by atoms with E-state index in [-0.39, 0.29) is 5.56 Å². The summed E-state index contributed by atoms with van der Waals surface area (Å²) in [6.45, 7) is 10.4. The molecule has 1 amide bonds. The van der Waals surface area contributed by atoms with Crippen molar-refractivity contribution in [3.63, 3.8) is 0 Å². The van der Waals surface area contributed by atoms with Crippen molar-refractivity contribution in [3.05, 3.63) is 60.7 Å². The Kier molecular flexibility index (Phi) is 9.33. The smallest absolute Gasteiger partial charge is 0.404 e. The number of rotatable bonds is 10. The Labute approximate surface area is 186 Å². The van der Waals surface area contributed by atoms with Crippen molar-refractivity contribution in [2.75, 3.05) is 37.4 Å². The van der Waals surface area contributed by atoms with Crippen LogP contribution in [-0.4, -0.2) is 63.2 Å². The van der Waals surface area contributed by atoms with Crippen LogP contribution in [0.15, 0.2) is 55.2 Å². The summed E-state index contributed by atoms with van der Waals surface area (Å²) in [7, 11) is -3.20. The van der Waals surface area contributed by atoms with E-state index < -0.39 is 34.6 Å². The number of carbonyl (C=O) groups is 1. The average molecular weight is 474 g/mol. The molecule has 1 aliphatic rings. The second kappa shape index (κ2) is 11.7. The summed E-state index contributed by atoms with van der Waals surface area (Å²) in [6.07, 6.45) is 2.18. The van der Waals surface area contributed by atoms with Crippen molar-refractivity contribution in [1.29, 1.82) is 0 Å². The van der Waals surface area contributed by atoms with E-state index in [9.17, 15) is 26.4 Å². The number of amides is 1. The molecule has 0 aliphatic carbocycles. The van der Waals surface area contributed by atoms with E-state index in [1.54, 1.807) is 17.1 Å². The number of nitrogens with one attached hydrogen (secondary N) is 1. The van der Waals surface area contributed by atoms with Crippen molar-refractivity contribution in [2.24, 2.45) is 0 Å². The lowest BCUT2D eigenvalue weighted by Gasteiger charge is -2.35. The predicted octanol–water partition coefficient (Wildman–Crippen LogP) is 3.36. The summed E-state index contributed by atoms with van der Waals surface area (Å²) in [5.74, 6) is -1.23. The van der Waals surface area contributed by atoms with Crippen LogP contribution in [0.25, 0.3) is 0 Å². The minimum Gasteiger partial charge on any atom is -0.404 e. The lowest BCUT2D eigenvalue weighted by molar-refractivity contribution is -0.274. The van der Waals surface area contributed by atoms with E-state index in [1.165, 1.54) is 6.07 Å². The Morgan fingerprint density at radius 3 is 2.44 bits per heavy atom. The molecular weight excluding hydrogens is 447 g/mol. The molecule has 1 fully saturated rings. The summed E-state index contributed by atoms with van der Waals surface area (Å²) in [4.78, 5) is 16.5. The van der Waals surface area contributed by atoms with Gasteiger partial charge in [0.2, 0.25) is 10.9 Å². The molecule has 0 aromatic heterocycles. The Hall–Kier alpha value is -2.79. The molecule has 1 aliphatic heterocycles. The summed E-state index contributed by atoms with van der Waals surface area (Å²) in [5, 5.41) is 0. The number of hydrogen-bond acceptors (Lipinski definition) is 5. The number of alkyl halides is 3. The van der Waals surface area contributed by atoms with E-state index in [2.05, 4.69) is 22.8 Å². The normalized spacial score (nSPS) is 15.5. The van der Waals surface area contributed by atoms with E-state index in [4.69, 9.17) is 0 Å². The van der Waals surface area contributed by atoms with Crippen LogP contribution in [-0.2, 0) is 10.9 Å². The molecule has 0 bridgehead atoms. The van der Waals surface area contributed by atoms with Crippen LogP contribution < -0.4 is 9.46 Å². The summed E-state index contributed by atoms with van der Waals surface area (Å²) < 4.78 is 65.5. The van der Waals surface area contributed by atoms with Crippen LogP contribution >= 0.6 is 0 Å². The Morgan fingerprint density at radius 1 is 1.19 bits per heavy atom. The van der Waals surface area contributed by atoms with Crippen LogP contribution in [0, 0.1) is 0 Å². The topological polar surface area (TPSA) is 79.0 Å². The molecule has 0 radical (unpaired) electrons. The maximum absolute atomic E-state index is 12.8. The third kappa shape index (κ3) is 8.04. The van der Waals surface area contributed by atoms with Gasteiger partial charge in [-0.05, 0) is 43.2 Å². The summed E-state index contributed by atoms with van der Waals surface area (Å²) in [6, 6.07) is 3.23. The first-order chi connectivity index (χ1) is 15.1. The maximum Gasteiger partial charge on any atom is 0.573 e. The fourth-order valence-electron chi connectivity index (χ4n) is 3.32. The van der Waals surface area contributed by atoms with Crippen molar-refractivity contribution < 1.29 is 31.1 Å². The molecule has 1 saturated heterocycles. The average Bonchev–Trinajstić information content (AvgIpc) is 2.73. The van der Waals surface area contributed by atoms with Gasteiger partial charge in [-0.15, -0.1) is 13.2 Å². The number of hydrogen-bond donors (Lipinski definition) is 2. The molecule has 176 valence electrons. The number of ether oxygens (including phenoxy) is 1. The molecule has 7 nitrogen and oxygen atoms in total. The molecule has 1 N–H and O–H groups in total. The standard InChI is InChI=1S/C21H26F3N3O4S/c1-3-6-16(4-2)7-5-10-26-11-13-27(14-12-26)20(28)17-8-9-18(25-32(29)30)19(15-17)31-21(22,23)24/h3-4,6,8-9,15,32H,1-2,5,7,10-14H2,(H,25,29,30)/b16-6+. The van der Waals surface area contributed by atoms with Gasteiger partial charge < -0.3 is 9.64 Å². The first kappa shape index (κ1) is 25.5. The highest BCUT2D eigenvalue weighted by molar-refractivity contribution is 7.73. The van der Waals surface area contributed by atoms with Gasteiger partial charge in [-0.2, -0.15) is 0 Å². The van der Waals surface area contributed by atoms with Gasteiger partial charge in [0.05, 0.1) is 5.69 Å². The van der Waals surface area contributed by atoms with Crippen molar-refractivity contribution in [2.45, 2.75) is 19.2 Å². The molecule has 0 unspecified atom stereocenters. The number of allylic oxidation sites excluding steroid dienone is 4. The van der Waals surface area contributed by atoms with Gasteiger partial charge in [0.15, 0.2) is 5.75 Å². The highest BCUT2D eigenvalue weighted by Gasteiger charge is 2.33. The molecule has 11 heteroatoms. The lowest BCUT2D eigenvalue weighted by atomic mass is 10.1. The monoisotopic (exact) mass is 473 g/mol. The van der Waals surface area contributed by atoms with E-state index in [1.807, 2.05) is 10.8 Å². The highest BCUT2D eigenvalue weighted by atomic mass is 32.2. The van der Waals surface area contributed by atoms with Gasteiger partial charge in [-0.3, -0.25) is 14.4 Å². The minimum absolute atomic E-state index is 0.0189. The molecule has 0 atom stereocenters. The second-order valence-electron chi connectivity index (χ2n) is 7.05. The molecule has 32 heavy (non-hydrogen) atoms. The summed E-state index contributed by atoms with van der Waals surface area (Å²) in [5.41, 5.74) is 0.684. The maximum atomic E-state index is 12.8. The first-order valence-electron chi connectivity index (χ1n) is 9.89. The van der Waals surface area contributed by atoms with Crippen LogP contribution in [0.5, 0.6) is 5.75 Å². The van der Waals surface area contributed by atoms with Crippen LogP contribution in [0.1, 0.15) is 23.2 Å². The van der Waals surface area contributed by atoms with Gasteiger partial charge in [0.25, 0.3) is 5.91 Å². The highest BCUT2D eigenvalue weighted by Crippen LogP contribution is 2.32. The quantitative estimate of drug-likeness (QED) is 0.403. The third-order valence-corrected chi connectivity index (χ3v) is 5.28. The van der Waals surface area contributed by atoms with E-state index in [0.29, 0.717) is 26.2 Å². The molecule has 2 rings (SSSR count). The molecule has 0 spiro atoms. The van der Waals surface area contributed by atoms with Gasteiger partial charge in [0.1, 0.15) is 0 Å². The van der Waals surface area contributed by atoms with Crippen LogP contribution in [0.2, 0.25) is 0 Å². The largest absolute Gasteiger partial charge is 0.573 e.